The Balaban J connectivity index is 3.16. The molecular formula is C15H24N2O3. The summed E-state index contributed by atoms with van der Waals surface area (Å²) in [5, 5.41) is 17.5. The van der Waals surface area contributed by atoms with Crippen LogP contribution in [0.2, 0.25) is 0 Å². The minimum absolute atomic E-state index is 0.0837. The average molecular weight is 280 g/mol. The Morgan fingerprint density at radius 3 is 2.30 bits per heavy atom. The molecule has 1 rings (SSSR count). The maximum atomic E-state index is 11.5. The molecule has 0 amide bonds. The first-order chi connectivity index (χ1) is 9.40. The molecule has 0 aliphatic rings. The van der Waals surface area contributed by atoms with Crippen LogP contribution in [0, 0.1) is 5.92 Å². The van der Waals surface area contributed by atoms with Gasteiger partial charge in [0.2, 0.25) is 5.88 Å². The van der Waals surface area contributed by atoms with Crippen molar-refractivity contribution in [3.8, 4) is 5.88 Å². The van der Waals surface area contributed by atoms with Gasteiger partial charge in [-0.05, 0) is 37.7 Å². The van der Waals surface area contributed by atoms with Gasteiger partial charge in [-0.3, -0.25) is 0 Å². The number of nitrogens with zero attached hydrogens (tertiary/aromatic N) is 2. The van der Waals surface area contributed by atoms with E-state index in [-0.39, 0.29) is 17.5 Å². The number of ether oxygens (including phenoxy) is 1. The molecule has 0 saturated heterocycles. The fourth-order valence-corrected chi connectivity index (χ4v) is 2.36. The molecule has 0 aliphatic carbocycles. The molecule has 1 heterocycles. The lowest BCUT2D eigenvalue weighted by Gasteiger charge is -2.18. The molecule has 0 radical (unpaired) electrons. The Kier molecular flexibility index (Phi) is 5.92. The number of carboxylic acids is 1. The summed E-state index contributed by atoms with van der Waals surface area (Å²) in [5.74, 6) is -0.385. The van der Waals surface area contributed by atoms with E-state index >= 15 is 0 Å². The number of carboxylic acid groups (broad SMARTS) is 1. The molecule has 0 bridgehead atoms. The number of aromatic nitrogens is 2. The van der Waals surface area contributed by atoms with E-state index in [0.29, 0.717) is 18.8 Å². The van der Waals surface area contributed by atoms with Crippen LogP contribution in [0.5, 0.6) is 5.88 Å². The second-order valence-corrected chi connectivity index (χ2v) is 5.38. The van der Waals surface area contributed by atoms with Gasteiger partial charge in [-0.2, -0.15) is 5.10 Å². The van der Waals surface area contributed by atoms with Gasteiger partial charge in [0.15, 0.2) is 0 Å². The van der Waals surface area contributed by atoms with Gasteiger partial charge in [-0.25, -0.2) is 4.79 Å². The van der Waals surface area contributed by atoms with Crippen molar-refractivity contribution in [1.82, 2.24) is 10.2 Å². The molecular weight excluding hydrogens is 256 g/mol. The maximum absolute atomic E-state index is 11.5. The van der Waals surface area contributed by atoms with Crippen LogP contribution in [0.1, 0.15) is 62.7 Å². The van der Waals surface area contributed by atoms with Gasteiger partial charge in [0.05, 0.1) is 11.8 Å². The van der Waals surface area contributed by atoms with Crippen LogP contribution >= 0.6 is 0 Å². The third-order valence-corrected chi connectivity index (χ3v) is 3.14. The molecule has 0 spiro atoms. The van der Waals surface area contributed by atoms with Gasteiger partial charge in [0.1, 0.15) is 5.56 Å². The number of aryl methyl sites for hydroxylation is 1. The predicted molar refractivity (Wildman–Crippen MR) is 77.3 cm³/mol. The van der Waals surface area contributed by atoms with Crippen molar-refractivity contribution in [2.24, 2.45) is 5.92 Å². The summed E-state index contributed by atoms with van der Waals surface area (Å²) in [6, 6.07) is 0. The SMILES string of the molecule is CCc1nnc(OC(C)CC(C)C)c(C(=O)O)c1CC. The van der Waals surface area contributed by atoms with Crippen LogP contribution in [-0.2, 0) is 12.8 Å². The fraction of sp³-hybridized carbons (Fsp3) is 0.667. The molecule has 0 fully saturated rings. The Labute approximate surface area is 120 Å². The van der Waals surface area contributed by atoms with Crippen molar-refractivity contribution >= 4 is 5.97 Å². The molecule has 0 aliphatic heterocycles. The van der Waals surface area contributed by atoms with E-state index in [2.05, 4.69) is 24.0 Å². The Bertz CT molecular complexity index is 472. The molecule has 1 atom stereocenters. The van der Waals surface area contributed by atoms with Crippen LogP contribution in [0.15, 0.2) is 0 Å². The van der Waals surface area contributed by atoms with Crippen molar-refractivity contribution in [2.75, 3.05) is 0 Å². The first kappa shape index (κ1) is 16.4. The molecule has 1 N–H and O–H groups in total. The number of aromatic carboxylic acids is 1. The van der Waals surface area contributed by atoms with Gasteiger partial charge in [-0.1, -0.05) is 27.7 Å². The predicted octanol–water partition coefficient (Wildman–Crippen LogP) is 3.11. The van der Waals surface area contributed by atoms with Crippen LogP contribution in [0.4, 0.5) is 0 Å². The van der Waals surface area contributed by atoms with E-state index in [9.17, 15) is 9.90 Å². The molecule has 1 unspecified atom stereocenters. The zero-order chi connectivity index (χ0) is 15.3. The van der Waals surface area contributed by atoms with Gasteiger partial charge in [0, 0.05) is 0 Å². The molecule has 20 heavy (non-hydrogen) atoms. The summed E-state index contributed by atoms with van der Waals surface area (Å²) < 4.78 is 5.71. The Hall–Kier alpha value is -1.65. The third-order valence-electron chi connectivity index (χ3n) is 3.14. The van der Waals surface area contributed by atoms with E-state index in [0.717, 1.165) is 17.7 Å². The van der Waals surface area contributed by atoms with E-state index in [1.165, 1.54) is 0 Å². The van der Waals surface area contributed by atoms with Crippen LogP contribution in [0.25, 0.3) is 0 Å². The molecule has 5 heteroatoms. The average Bonchev–Trinajstić information content (AvgIpc) is 2.36. The fourth-order valence-electron chi connectivity index (χ4n) is 2.36. The molecule has 1 aromatic rings. The highest BCUT2D eigenvalue weighted by molar-refractivity contribution is 5.92. The quantitative estimate of drug-likeness (QED) is 0.830. The molecule has 0 saturated carbocycles. The van der Waals surface area contributed by atoms with Crippen LogP contribution < -0.4 is 4.74 Å². The van der Waals surface area contributed by atoms with Crippen molar-refractivity contribution in [3.05, 3.63) is 16.8 Å². The highest BCUT2D eigenvalue weighted by atomic mass is 16.5. The lowest BCUT2D eigenvalue weighted by atomic mass is 10.0. The lowest BCUT2D eigenvalue weighted by Crippen LogP contribution is -2.19. The highest BCUT2D eigenvalue weighted by Gasteiger charge is 2.23. The highest BCUT2D eigenvalue weighted by Crippen LogP contribution is 2.24. The molecule has 0 aromatic carbocycles. The molecule has 5 nitrogen and oxygen atoms in total. The number of carbonyl (C=O) groups is 1. The van der Waals surface area contributed by atoms with Gasteiger partial charge in [0.25, 0.3) is 0 Å². The summed E-state index contributed by atoms with van der Waals surface area (Å²) in [4.78, 5) is 11.5. The second kappa shape index (κ2) is 7.22. The number of rotatable bonds is 7. The van der Waals surface area contributed by atoms with Crippen molar-refractivity contribution in [3.63, 3.8) is 0 Å². The number of hydrogen-bond donors (Lipinski definition) is 1. The van der Waals surface area contributed by atoms with E-state index in [4.69, 9.17) is 4.74 Å². The zero-order valence-electron chi connectivity index (χ0n) is 12.9. The summed E-state index contributed by atoms with van der Waals surface area (Å²) in [6.07, 6.45) is 2.03. The minimum Gasteiger partial charge on any atom is -0.477 e. The Morgan fingerprint density at radius 1 is 1.20 bits per heavy atom. The third kappa shape index (κ3) is 3.92. The molecule has 112 valence electrons. The van der Waals surface area contributed by atoms with Crippen molar-refractivity contribution in [2.45, 2.75) is 60.0 Å². The van der Waals surface area contributed by atoms with Gasteiger partial charge in [-0.15, -0.1) is 5.10 Å². The zero-order valence-corrected chi connectivity index (χ0v) is 12.9. The monoisotopic (exact) mass is 280 g/mol. The van der Waals surface area contributed by atoms with E-state index < -0.39 is 5.97 Å². The van der Waals surface area contributed by atoms with Crippen LogP contribution in [-0.4, -0.2) is 27.4 Å². The first-order valence-electron chi connectivity index (χ1n) is 7.18. The normalized spacial score (nSPS) is 12.5. The summed E-state index contributed by atoms with van der Waals surface area (Å²) in [5.41, 5.74) is 1.62. The van der Waals surface area contributed by atoms with Crippen molar-refractivity contribution < 1.29 is 14.6 Å². The number of hydrogen-bond acceptors (Lipinski definition) is 4. The topological polar surface area (TPSA) is 72.3 Å². The summed E-state index contributed by atoms with van der Waals surface area (Å²) >= 11 is 0. The summed E-state index contributed by atoms with van der Waals surface area (Å²) in [7, 11) is 0. The Morgan fingerprint density at radius 2 is 1.85 bits per heavy atom. The van der Waals surface area contributed by atoms with Gasteiger partial charge >= 0.3 is 5.97 Å². The van der Waals surface area contributed by atoms with Crippen molar-refractivity contribution in [1.29, 1.82) is 0 Å². The smallest absolute Gasteiger partial charge is 0.341 e. The van der Waals surface area contributed by atoms with Crippen LogP contribution in [0.3, 0.4) is 0 Å². The maximum Gasteiger partial charge on any atom is 0.341 e. The minimum atomic E-state index is -1.00. The van der Waals surface area contributed by atoms with Gasteiger partial charge < -0.3 is 9.84 Å². The largest absolute Gasteiger partial charge is 0.477 e. The standard InChI is InChI=1S/C15H24N2O3/c1-6-11-12(7-2)16-17-14(13(11)15(18)19)20-10(5)8-9(3)4/h9-10H,6-8H2,1-5H3,(H,18,19). The first-order valence-corrected chi connectivity index (χ1v) is 7.18. The lowest BCUT2D eigenvalue weighted by molar-refractivity contribution is 0.0685. The summed E-state index contributed by atoms with van der Waals surface area (Å²) in [6.45, 7) is 9.98. The molecule has 1 aromatic heterocycles. The van der Waals surface area contributed by atoms with E-state index in [1.54, 1.807) is 0 Å². The van der Waals surface area contributed by atoms with E-state index in [1.807, 2.05) is 20.8 Å². The second-order valence-electron chi connectivity index (χ2n) is 5.38.